The first kappa shape index (κ1) is 12.9. The maximum atomic E-state index is 10.6. The van der Waals surface area contributed by atoms with Crippen LogP contribution in [0.2, 0.25) is 0 Å². The van der Waals surface area contributed by atoms with Crippen molar-refractivity contribution in [1.82, 2.24) is 0 Å². The summed E-state index contributed by atoms with van der Waals surface area (Å²) < 4.78 is 11.7. The molecular weight excluding hydrogens is 228 g/mol. The van der Waals surface area contributed by atoms with Gasteiger partial charge in [-0.1, -0.05) is 13.8 Å². The van der Waals surface area contributed by atoms with Gasteiger partial charge in [0.1, 0.15) is 6.10 Å². The molecule has 104 valence electrons. The Labute approximate surface area is 110 Å². The number of ether oxygens (including phenoxy) is 2. The van der Waals surface area contributed by atoms with Crippen LogP contribution in [0.15, 0.2) is 0 Å². The Balaban J connectivity index is 1.77. The van der Waals surface area contributed by atoms with Crippen molar-refractivity contribution in [2.75, 3.05) is 0 Å². The molecule has 3 aliphatic rings. The Morgan fingerprint density at radius 1 is 1.06 bits per heavy atom. The summed E-state index contributed by atoms with van der Waals surface area (Å²) in [4.78, 5) is 0. The highest BCUT2D eigenvalue weighted by molar-refractivity contribution is 5.09. The van der Waals surface area contributed by atoms with Crippen LogP contribution < -0.4 is 0 Å². The van der Waals surface area contributed by atoms with E-state index in [1.165, 1.54) is 0 Å². The van der Waals surface area contributed by atoms with E-state index in [0.717, 1.165) is 25.7 Å². The van der Waals surface area contributed by atoms with Gasteiger partial charge in [-0.25, -0.2) is 0 Å². The maximum Gasteiger partial charge on any atom is 0.113 e. The molecule has 0 aromatic rings. The maximum absolute atomic E-state index is 10.6. The van der Waals surface area contributed by atoms with Gasteiger partial charge in [0.25, 0.3) is 0 Å². The van der Waals surface area contributed by atoms with Gasteiger partial charge in [0, 0.05) is 0 Å². The molecule has 2 saturated heterocycles. The number of epoxide rings is 2. The highest BCUT2D eigenvalue weighted by Gasteiger charge is 2.61. The fourth-order valence-electron chi connectivity index (χ4n) is 3.76. The molecule has 0 aromatic carbocycles. The zero-order valence-electron chi connectivity index (χ0n) is 12.0. The van der Waals surface area contributed by atoms with E-state index in [1.807, 2.05) is 0 Å². The minimum Gasteiger partial charge on any atom is -0.390 e. The van der Waals surface area contributed by atoms with Gasteiger partial charge in [-0.15, -0.1) is 0 Å². The molecule has 18 heavy (non-hydrogen) atoms. The molecule has 0 aromatic heterocycles. The average molecular weight is 254 g/mol. The van der Waals surface area contributed by atoms with E-state index in [2.05, 4.69) is 27.7 Å². The zero-order chi connectivity index (χ0) is 13.1. The molecular formula is C15H26O3. The van der Waals surface area contributed by atoms with Gasteiger partial charge in [-0.05, 0) is 51.4 Å². The second-order valence-electron chi connectivity index (χ2n) is 7.25. The van der Waals surface area contributed by atoms with E-state index in [0.29, 0.717) is 17.9 Å². The van der Waals surface area contributed by atoms with E-state index in [9.17, 15) is 5.11 Å². The zero-order valence-corrected chi connectivity index (χ0v) is 12.0. The summed E-state index contributed by atoms with van der Waals surface area (Å²) in [7, 11) is 0. The number of fused-ring (bicyclic) bond motifs is 2. The van der Waals surface area contributed by atoms with Gasteiger partial charge in [0.15, 0.2) is 0 Å². The fraction of sp³-hybridized carbons (Fsp3) is 1.00. The van der Waals surface area contributed by atoms with Crippen molar-refractivity contribution < 1.29 is 14.6 Å². The highest BCUT2D eigenvalue weighted by Crippen LogP contribution is 2.52. The molecule has 0 unspecified atom stereocenters. The van der Waals surface area contributed by atoms with Gasteiger partial charge in [0.05, 0.1) is 23.4 Å². The van der Waals surface area contributed by atoms with Crippen LogP contribution in [0.1, 0.15) is 53.4 Å². The monoisotopic (exact) mass is 254 g/mol. The van der Waals surface area contributed by atoms with E-state index >= 15 is 0 Å². The fourth-order valence-corrected chi connectivity index (χ4v) is 3.76. The van der Waals surface area contributed by atoms with Crippen LogP contribution in [0.3, 0.4) is 0 Å². The van der Waals surface area contributed by atoms with Gasteiger partial charge in [-0.2, -0.15) is 0 Å². The van der Waals surface area contributed by atoms with E-state index in [-0.39, 0.29) is 23.4 Å². The largest absolute Gasteiger partial charge is 0.390 e. The normalized spacial score (nSPS) is 55.7. The molecule has 0 bridgehead atoms. The first-order valence-corrected chi connectivity index (χ1v) is 7.39. The molecule has 2 heterocycles. The Bertz CT molecular complexity index is 343. The number of aliphatic hydroxyl groups excluding tert-OH is 1. The van der Waals surface area contributed by atoms with Gasteiger partial charge in [-0.3, -0.25) is 0 Å². The third-order valence-corrected chi connectivity index (χ3v) is 5.46. The molecule has 1 saturated carbocycles. The molecule has 3 rings (SSSR count). The molecule has 0 amide bonds. The summed E-state index contributed by atoms with van der Waals surface area (Å²) in [6.45, 7) is 8.76. The second-order valence-corrected chi connectivity index (χ2v) is 7.25. The quantitative estimate of drug-likeness (QED) is 0.731. The minimum absolute atomic E-state index is 0.0491. The smallest absolute Gasteiger partial charge is 0.113 e. The molecule has 3 fully saturated rings. The SMILES string of the molecule is CC(C)[C@H]1CC[C@@]2(C)O[C@H]2CC[C@@]2(C)O[C@H]2[C@H]1O. The third kappa shape index (κ3) is 2.00. The molecule has 3 heteroatoms. The first-order chi connectivity index (χ1) is 8.36. The number of hydrogen-bond donors (Lipinski definition) is 1. The number of hydrogen-bond acceptors (Lipinski definition) is 3. The number of rotatable bonds is 1. The summed E-state index contributed by atoms with van der Waals surface area (Å²) in [5, 5.41) is 10.6. The predicted octanol–water partition coefficient (Wildman–Crippen LogP) is 2.51. The van der Waals surface area contributed by atoms with Crippen LogP contribution >= 0.6 is 0 Å². The Morgan fingerprint density at radius 2 is 1.72 bits per heavy atom. The van der Waals surface area contributed by atoms with Crippen LogP contribution in [0.5, 0.6) is 0 Å². The van der Waals surface area contributed by atoms with Crippen LogP contribution in [0.4, 0.5) is 0 Å². The van der Waals surface area contributed by atoms with Crippen LogP contribution in [-0.4, -0.2) is 34.6 Å². The van der Waals surface area contributed by atoms with Crippen molar-refractivity contribution in [1.29, 1.82) is 0 Å². The van der Waals surface area contributed by atoms with Crippen LogP contribution in [-0.2, 0) is 9.47 Å². The summed E-state index contributed by atoms with van der Waals surface area (Å²) in [6.07, 6.45) is 4.36. The Hall–Kier alpha value is -0.120. The highest BCUT2D eigenvalue weighted by atomic mass is 16.6. The first-order valence-electron chi connectivity index (χ1n) is 7.39. The van der Waals surface area contributed by atoms with Crippen LogP contribution in [0, 0.1) is 11.8 Å². The average Bonchev–Trinajstić information content (AvgIpc) is 3.12. The minimum atomic E-state index is -0.311. The molecule has 0 spiro atoms. The lowest BCUT2D eigenvalue weighted by Gasteiger charge is -2.27. The van der Waals surface area contributed by atoms with Gasteiger partial charge < -0.3 is 14.6 Å². The van der Waals surface area contributed by atoms with Gasteiger partial charge >= 0.3 is 0 Å². The number of aliphatic hydroxyl groups is 1. The predicted molar refractivity (Wildman–Crippen MR) is 69.4 cm³/mol. The van der Waals surface area contributed by atoms with Crippen molar-refractivity contribution in [2.45, 2.75) is 82.9 Å². The Morgan fingerprint density at radius 3 is 2.39 bits per heavy atom. The lowest BCUT2D eigenvalue weighted by molar-refractivity contribution is 0.0461. The van der Waals surface area contributed by atoms with E-state index in [4.69, 9.17) is 9.47 Å². The molecule has 1 N–H and O–H groups in total. The lowest BCUT2D eigenvalue weighted by Crippen LogP contribution is -2.35. The van der Waals surface area contributed by atoms with Crippen molar-refractivity contribution >= 4 is 0 Å². The standard InChI is InChI=1S/C15H26O3/c1-9(2)10-5-7-14(3)11(17-14)6-8-15(4)13(18-15)12(10)16/h9-13,16H,5-8H2,1-4H3/t10-,11+,12+,13+,14-,15-/m1/s1. The van der Waals surface area contributed by atoms with Crippen molar-refractivity contribution in [2.24, 2.45) is 11.8 Å². The summed E-state index contributed by atoms with van der Waals surface area (Å²) in [6, 6.07) is 0. The Kier molecular flexibility index (Phi) is 2.82. The van der Waals surface area contributed by atoms with Crippen molar-refractivity contribution in [3.05, 3.63) is 0 Å². The van der Waals surface area contributed by atoms with Crippen molar-refractivity contribution in [3.63, 3.8) is 0 Å². The summed E-state index contributed by atoms with van der Waals surface area (Å²) >= 11 is 0. The summed E-state index contributed by atoms with van der Waals surface area (Å²) in [5.74, 6) is 0.824. The van der Waals surface area contributed by atoms with E-state index in [1.54, 1.807) is 0 Å². The molecule has 2 aliphatic heterocycles. The van der Waals surface area contributed by atoms with Gasteiger partial charge in [0.2, 0.25) is 0 Å². The summed E-state index contributed by atoms with van der Waals surface area (Å²) in [5.41, 5.74) is -0.0261. The second kappa shape index (κ2) is 3.94. The van der Waals surface area contributed by atoms with E-state index < -0.39 is 0 Å². The molecule has 3 nitrogen and oxygen atoms in total. The molecule has 6 atom stereocenters. The molecule has 1 aliphatic carbocycles. The lowest BCUT2D eigenvalue weighted by atomic mass is 9.78. The molecule has 0 radical (unpaired) electrons. The third-order valence-electron chi connectivity index (χ3n) is 5.46. The van der Waals surface area contributed by atoms with Crippen molar-refractivity contribution in [3.8, 4) is 0 Å². The topological polar surface area (TPSA) is 45.3 Å². The van der Waals surface area contributed by atoms with Crippen LogP contribution in [0.25, 0.3) is 0 Å².